The third kappa shape index (κ3) is 3.51. The van der Waals surface area contributed by atoms with E-state index >= 15 is 0 Å². The molecule has 0 radical (unpaired) electrons. The summed E-state index contributed by atoms with van der Waals surface area (Å²) in [4.78, 5) is 12.5. The van der Waals surface area contributed by atoms with E-state index in [2.05, 4.69) is 27.2 Å². The lowest BCUT2D eigenvalue weighted by atomic mass is 10.0. The van der Waals surface area contributed by atoms with Crippen LogP contribution in [0.25, 0.3) is 16.5 Å². The molecule has 1 N–H and O–H groups in total. The maximum atomic E-state index is 12.5. The summed E-state index contributed by atoms with van der Waals surface area (Å²) < 4.78 is 2.09. The molecule has 0 bridgehead atoms. The molecular weight excluding hydrogens is 334 g/mol. The van der Waals surface area contributed by atoms with E-state index in [-0.39, 0.29) is 5.91 Å². The van der Waals surface area contributed by atoms with Gasteiger partial charge in [0.15, 0.2) is 0 Å². The van der Waals surface area contributed by atoms with Crippen molar-refractivity contribution in [2.24, 2.45) is 5.10 Å². The fourth-order valence-corrected chi connectivity index (χ4v) is 3.19. The van der Waals surface area contributed by atoms with Gasteiger partial charge in [0.05, 0.1) is 6.21 Å². The summed E-state index contributed by atoms with van der Waals surface area (Å²) >= 11 is 0. The summed E-state index contributed by atoms with van der Waals surface area (Å²) in [6.07, 6.45) is 3.66. The molecule has 4 rings (SSSR count). The van der Waals surface area contributed by atoms with E-state index in [1.165, 1.54) is 0 Å². The monoisotopic (exact) mass is 353 g/mol. The third-order valence-corrected chi connectivity index (χ3v) is 4.48. The second-order valence-corrected chi connectivity index (χ2v) is 6.35. The SMILES string of the molecule is Cc1cc(/C=N\NC(=O)c2cccc3ccccc23)cn1-c1ccccc1. The maximum Gasteiger partial charge on any atom is 0.271 e. The van der Waals surface area contributed by atoms with Crippen molar-refractivity contribution < 1.29 is 4.79 Å². The minimum absolute atomic E-state index is 0.220. The second kappa shape index (κ2) is 7.30. The summed E-state index contributed by atoms with van der Waals surface area (Å²) in [7, 11) is 0. The number of nitrogens with zero attached hydrogens (tertiary/aromatic N) is 2. The Balaban J connectivity index is 1.52. The number of carbonyl (C=O) groups is 1. The van der Waals surface area contributed by atoms with Gasteiger partial charge < -0.3 is 4.57 Å². The Labute approximate surface area is 157 Å². The van der Waals surface area contributed by atoms with Crippen molar-refractivity contribution in [3.05, 3.63) is 102 Å². The van der Waals surface area contributed by atoms with Gasteiger partial charge in [0.1, 0.15) is 0 Å². The van der Waals surface area contributed by atoms with Crippen LogP contribution in [0.2, 0.25) is 0 Å². The molecule has 3 aromatic carbocycles. The van der Waals surface area contributed by atoms with Crippen LogP contribution in [0.3, 0.4) is 0 Å². The van der Waals surface area contributed by atoms with Gasteiger partial charge in [0.2, 0.25) is 0 Å². The van der Waals surface area contributed by atoms with Crippen LogP contribution < -0.4 is 5.43 Å². The number of rotatable bonds is 4. The van der Waals surface area contributed by atoms with Crippen molar-refractivity contribution in [3.63, 3.8) is 0 Å². The topological polar surface area (TPSA) is 46.4 Å². The summed E-state index contributed by atoms with van der Waals surface area (Å²) in [5, 5.41) is 6.08. The van der Waals surface area contributed by atoms with Gasteiger partial charge in [-0.15, -0.1) is 0 Å². The predicted molar refractivity (Wildman–Crippen MR) is 110 cm³/mol. The average molecular weight is 353 g/mol. The number of hydrazone groups is 1. The Hall–Kier alpha value is -3.66. The van der Waals surface area contributed by atoms with Crippen molar-refractivity contribution in [2.75, 3.05) is 0 Å². The Kier molecular flexibility index (Phi) is 4.54. The molecule has 0 aliphatic rings. The number of hydrogen-bond acceptors (Lipinski definition) is 2. The second-order valence-electron chi connectivity index (χ2n) is 6.35. The highest BCUT2D eigenvalue weighted by molar-refractivity contribution is 6.07. The molecule has 1 aromatic heterocycles. The van der Waals surface area contributed by atoms with E-state index in [1.807, 2.05) is 79.9 Å². The lowest BCUT2D eigenvalue weighted by molar-refractivity contribution is 0.0957. The first kappa shape index (κ1) is 16.8. The molecule has 4 aromatic rings. The van der Waals surface area contributed by atoms with Crippen LogP contribution in [0, 0.1) is 6.92 Å². The highest BCUT2D eigenvalue weighted by atomic mass is 16.2. The molecule has 0 fully saturated rings. The first-order valence-electron chi connectivity index (χ1n) is 8.78. The molecular formula is C23H19N3O. The molecule has 132 valence electrons. The number of carbonyl (C=O) groups excluding carboxylic acids is 1. The number of aromatic nitrogens is 1. The van der Waals surface area contributed by atoms with Gasteiger partial charge in [-0.3, -0.25) is 4.79 Å². The number of hydrogen-bond donors (Lipinski definition) is 1. The van der Waals surface area contributed by atoms with E-state index in [0.29, 0.717) is 5.56 Å². The summed E-state index contributed by atoms with van der Waals surface area (Å²) in [5.74, 6) is -0.220. The summed E-state index contributed by atoms with van der Waals surface area (Å²) in [6.45, 7) is 2.04. The number of benzene rings is 3. The number of aryl methyl sites for hydroxylation is 1. The van der Waals surface area contributed by atoms with E-state index in [4.69, 9.17) is 0 Å². The quantitative estimate of drug-likeness (QED) is 0.419. The van der Waals surface area contributed by atoms with Crippen LogP contribution >= 0.6 is 0 Å². The van der Waals surface area contributed by atoms with Gasteiger partial charge in [-0.1, -0.05) is 54.6 Å². The highest BCUT2D eigenvalue weighted by Crippen LogP contribution is 2.18. The van der Waals surface area contributed by atoms with Crippen LogP contribution in [0.5, 0.6) is 0 Å². The smallest absolute Gasteiger partial charge is 0.271 e. The van der Waals surface area contributed by atoms with Crippen LogP contribution in [0.4, 0.5) is 0 Å². The molecule has 0 spiro atoms. The fourth-order valence-electron chi connectivity index (χ4n) is 3.19. The Morgan fingerprint density at radius 2 is 1.70 bits per heavy atom. The standard InChI is InChI=1S/C23H19N3O/c1-17-14-18(16-26(17)20-10-3-2-4-11-20)15-24-25-23(27)22-13-7-9-19-8-5-6-12-21(19)22/h2-16H,1H3,(H,25,27)/b24-15-. The van der Waals surface area contributed by atoms with Crippen molar-refractivity contribution in [3.8, 4) is 5.69 Å². The van der Waals surface area contributed by atoms with Gasteiger partial charge in [0.25, 0.3) is 5.91 Å². The normalized spacial score (nSPS) is 11.1. The maximum absolute atomic E-state index is 12.5. The Morgan fingerprint density at radius 1 is 0.963 bits per heavy atom. The zero-order valence-electron chi connectivity index (χ0n) is 15.0. The Morgan fingerprint density at radius 3 is 2.56 bits per heavy atom. The van der Waals surface area contributed by atoms with Gasteiger partial charge in [-0.25, -0.2) is 5.43 Å². The first-order chi connectivity index (χ1) is 13.2. The van der Waals surface area contributed by atoms with E-state index in [1.54, 1.807) is 6.21 Å². The third-order valence-electron chi connectivity index (χ3n) is 4.48. The molecule has 0 aliphatic carbocycles. The minimum atomic E-state index is -0.220. The molecule has 4 nitrogen and oxygen atoms in total. The lowest BCUT2D eigenvalue weighted by Gasteiger charge is -2.04. The van der Waals surface area contributed by atoms with E-state index in [9.17, 15) is 4.79 Å². The van der Waals surface area contributed by atoms with Gasteiger partial charge in [-0.05, 0) is 42.0 Å². The van der Waals surface area contributed by atoms with Crippen LogP contribution in [-0.4, -0.2) is 16.7 Å². The first-order valence-corrected chi connectivity index (χ1v) is 8.78. The van der Waals surface area contributed by atoms with Crippen LogP contribution in [0.1, 0.15) is 21.6 Å². The minimum Gasteiger partial charge on any atom is -0.321 e. The van der Waals surface area contributed by atoms with Crippen molar-refractivity contribution >= 4 is 22.9 Å². The molecule has 0 unspecified atom stereocenters. The average Bonchev–Trinajstić information content (AvgIpc) is 3.08. The number of amides is 1. The molecule has 0 saturated carbocycles. The number of fused-ring (bicyclic) bond motifs is 1. The van der Waals surface area contributed by atoms with Crippen molar-refractivity contribution in [1.82, 2.24) is 9.99 Å². The predicted octanol–water partition coefficient (Wildman–Crippen LogP) is 4.70. The van der Waals surface area contributed by atoms with Crippen molar-refractivity contribution in [1.29, 1.82) is 0 Å². The largest absolute Gasteiger partial charge is 0.321 e. The lowest BCUT2D eigenvalue weighted by Crippen LogP contribution is -2.17. The molecule has 1 amide bonds. The molecule has 0 atom stereocenters. The number of nitrogens with one attached hydrogen (secondary N) is 1. The molecule has 4 heteroatoms. The zero-order chi connectivity index (χ0) is 18.6. The van der Waals surface area contributed by atoms with Gasteiger partial charge in [0, 0.05) is 28.7 Å². The van der Waals surface area contributed by atoms with Crippen LogP contribution in [-0.2, 0) is 0 Å². The fraction of sp³-hybridized carbons (Fsp3) is 0.0435. The highest BCUT2D eigenvalue weighted by Gasteiger charge is 2.08. The molecule has 0 aliphatic heterocycles. The Bertz CT molecular complexity index is 1120. The number of para-hydroxylation sites is 1. The molecule has 27 heavy (non-hydrogen) atoms. The zero-order valence-corrected chi connectivity index (χ0v) is 15.0. The van der Waals surface area contributed by atoms with E-state index in [0.717, 1.165) is 27.7 Å². The summed E-state index contributed by atoms with van der Waals surface area (Å²) in [6, 6.07) is 25.6. The van der Waals surface area contributed by atoms with Crippen molar-refractivity contribution in [2.45, 2.75) is 6.92 Å². The molecule has 0 saturated heterocycles. The van der Waals surface area contributed by atoms with Gasteiger partial charge in [-0.2, -0.15) is 5.10 Å². The van der Waals surface area contributed by atoms with Gasteiger partial charge >= 0.3 is 0 Å². The van der Waals surface area contributed by atoms with E-state index < -0.39 is 0 Å². The van der Waals surface area contributed by atoms with Crippen LogP contribution in [0.15, 0.2) is 90.2 Å². The molecule has 1 heterocycles. The summed E-state index contributed by atoms with van der Waals surface area (Å²) in [5.41, 5.74) is 6.36.